The summed E-state index contributed by atoms with van der Waals surface area (Å²) in [6.07, 6.45) is 5.36. The molecule has 138 valence electrons. The Morgan fingerprint density at radius 3 is 2.00 bits per heavy atom. The van der Waals surface area contributed by atoms with Crippen LogP contribution < -0.4 is 42.4 Å². The Labute approximate surface area is 187 Å². The van der Waals surface area contributed by atoms with E-state index in [1.54, 1.807) is 25.8 Å². The SMILES string of the molecule is CCCCCC1=C(C)[C]([Ti+3])=C(C)C1[SiH2]c1cc(C)cc(C)c1.[Cl-].[Cl-].[Cl-]. The fourth-order valence-corrected chi connectivity index (χ4v) is 7.24. The van der Waals surface area contributed by atoms with Crippen LogP contribution in [0.25, 0.3) is 0 Å². The normalized spacial score (nSPS) is 16.8. The largest absolute Gasteiger partial charge is 1.00 e. The van der Waals surface area contributed by atoms with Crippen LogP contribution in [0.3, 0.4) is 0 Å². The molecule has 1 aliphatic rings. The van der Waals surface area contributed by atoms with Crippen LogP contribution in [0, 0.1) is 13.8 Å². The molecule has 0 fully saturated rings. The molecule has 0 bridgehead atoms. The molecule has 1 atom stereocenters. The Morgan fingerprint density at radius 1 is 0.920 bits per heavy atom. The summed E-state index contributed by atoms with van der Waals surface area (Å²) in [5.41, 5.74) is 8.66. The molecule has 0 aromatic heterocycles. The molecule has 1 aliphatic carbocycles. The second-order valence-electron chi connectivity index (χ2n) is 6.92. The smallest absolute Gasteiger partial charge is 1.00 e. The molecule has 0 radical (unpaired) electrons. The Hall–Kier alpha value is 0.501. The van der Waals surface area contributed by atoms with Crippen LogP contribution in [-0.2, 0) is 20.4 Å². The molecule has 0 heterocycles. The molecule has 25 heavy (non-hydrogen) atoms. The summed E-state index contributed by atoms with van der Waals surface area (Å²) in [5.74, 6) is 0. The number of halogens is 3. The zero-order valence-electron chi connectivity index (χ0n) is 16.0. The number of hydrogen-bond acceptors (Lipinski definition) is 0. The first-order chi connectivity index (χ1) is 10.4. The number of hydrogen-bond donors (Lipinski definition) is 0. The van der Waals surface area contributed by atoms with E-state index in [2.05, 4.69) is 73.3 Å². The molecule has 0 saturated heterocycles. The van der Waals surface area contributed by atoms with Crippen LogP contribution in [0.1, 0.15) is 57.6 Å². The first kappa shape index (κ1) is 27.7. The molecule has 0 N–H and O–H groups in total. The minimum Gasteiger partial charge on any atom is -1.00 e. The second kappa shape index (κ2) is 12.8. The molecule has 0 spiro atoms. The van der Waals surface area contributed by atoms with Crippen LogP contribution in [0.2, 0.25) is 5.54 Å². The summed E-state index contributed by atoms with van der Waals surface area (Å²) in [7, 11) is -0.286. The van der Waals surface area contributed by atoms with Gasteiger partial charge in [0.25, 0.3) is 0 Å². The summed E-state index contributed by atoms with van der Waals surface area (Å²) in [6.45, 7) is 11.5. The molecular formula is C20H29Cl3SiTi. The Balaban J connectivity index is 0. The number of rotatable bonds is 6. The van der Waals surface area contributed by atoms with Crippen molar-refractivity contribution in [1.82, 2.24) is 0 Å². The Morgan fingerprint density at radius 2 is 1.48 bits per heavy atom. The molecule has 0 amide bonds. The van der Waals surface area contributed by atoms with Gasteiger partial charge in [-0.3, -0.25) is 0 Å². The van der Waals surface area contributed by atoms with Gasteiger partial charge >= 0.3 is 151 Å². The van der Waals surface area contributed by atoms with E-state index in [4.69, 9.17) is 0 Å². The van der Waals surface area contributed by atoms with E-state index in [1.807, 2.05) is 0 Å². The van der Waals surface area contributed by atoms with Crippen molar-refractivity contribution in [3.05, 3.63) is 49.9 Å². The van der Waals surface area contributed by atoms with Crippen LogP contribution in [0.4, 0.5) is 0 Å². The van der Waals surface area contributed by atoms with E-state index >= 15 is 0 Å². The van der Waals surface area contributed by atoms with Gasteiger partial charge in [-0.25, -0.2) is 0 Å². The van der Waals surface area contributed by atoms with Crippen LogP contribution >= 0.6 is 0 Å². The zero-order chi connectivity index (χ0) is 16.3. The first-order valence-corrected chi connectivity index (χ1v) is 10.9. The molecule has 0 saturated carbocycles. The van der Waals surface area contributed by atoms with Crippen molar-refractivity contribution >= 4 is 14.7 Å². The van der Waals surface area contributed by atoms with Gasteiger partial charge in [0.1, 0.15) is 0 Å². The summed E-state index contributed by atoms with van der Waals surface area (Å²) in [5, 5.41) is 1.64. The summed E-state index contributed by atoms with van der Waals surface area (Å²) in [6, 6.07) is 7.15. The van der Waals surface area contributed by atoms with E-state index in [0.717, 1.165) is 5.54 Å². The molecule has 5 heteroatoms. The topological polar surface area (TPSA) is 0 Å². The minimum absolute atomic E-state index is 0. The summed E-state index contributed by atoms with van der Waals surface area (Å²) in [4.78, 5) is 0. The number of allylic oxidation sites excluding steroid dienone is 4. The maximum Gasteiger partial charge on any atom is -1.00 e. The van der Waals surface area contributed by atoms with Gasteiger partial charge in [0.2, 0.25) is 0 Å². The standard InChI is InChI=1S/C20H29Si.3ClH.Ti/c1-6-7-8-9-19-16(4)13-17(5)20(19)21-18-11-14(2)10-15(3)12-18;;;;/h10-12,20H,6-9,21H2,1-5H3;3*1H;/q;;;;+3/p-3. The van der Waals surface area contributed by atoms with Crippen LogP contribution in [-0.4, -0.2) is 9.52 Å². The van der Waals surface area contributed by atoms with Crippen molar-refractivity contribution in [3.63, 3.8) is 0 Å². The van der Waals surface area contributed by atoms with Gasteiger partial charge in [-0.2, -0.15) is 0 Å². The van der Waals surface area contributed by atoms with Crippen LogP contribution in [0.5, 0.6) is 0 Å². The van der Waals surface area contributed by atoms with E-state index in [1.165, 1.54) is 36.8 Å². The van der Waals surface area contributed by atoms with Crippen molar-refractivity contribution in [2.45, 2.75) is 65.8 Å². The van der Waals surface area contributed by atoms with E-state index in [-0.39, 0.29) is 46.7 Å². The quantitative estimate of drug-likeness (QED) is 0.303. The van der Waals surface area contributed by atoms with E-state index < -0.39 is 0 Å². The predicted octanol–water partition coefficient (Wildman–Crippen LogP) is -4.37. The van der Waals surface area contributed by atoms with E-state index in [0.29, 0.717) is 0 Å². The molecule has 1 aromatic rings. The van der Waals surface area contributed by atoms with Crippen molar-refractivity contribution in [2.75, 3.05) is 0 Å². The monoisotopic (exact) mass is 450 g/mol. The molecule has 0 aliphatic heterocycles. The van der Waals surface area contributed by atoms with Crippen molar-refractivity contribution < 1.29 is 57.7 Å². The van der Waals surface area contributed by atoms with Gasteiger partial charge < -0.3 is 37.2 Å². The van der Waals surface area contributed by atoms with Gasteiger partial charge in [-0.15, -0.1) is 0 Å². The zero-order valence-corrected chi connectivity index (χ0v) is 21.2. The number of unbranched alkanes of at least 4 members (excludes halogenated alkanes) is 2. The maximum atomic E-state index is 2.43. The molecular weight excluding hydrogens is 423 g/mol. The van der Waals surface area contributed by atoms with Gasteiger partial charge in [0.05, 0.1) is 0 Å². The van der Waals surface area contributed by atoms with Gasteiger partial charge in [-0.1, -0.05) is 0 Å². The average molecular weight is 452 g/mol. The Kier molecular flexibility index (Phi) is 14.2. The van der Waals surface area contributed by atoms with Gasteiger partial charge in [0, 0.05) is 0 Å². The van der Waals surface area contributed by atoms with Gasteiger partial charge in [0.15, 0.2) is 0 Å². The third kappa shape index (κ3) is 7.20. The number of benzene rings is 1. The summed E-state index contributed by atoms with van der Waals surface area (Å²) >= 11 is 2.33. The van der Waals surface area contributed by atoms with E-state index in [9.17, 15) is 0 Å². The first-order valence-electron chi connectivity index (χ1n) is 8.63. The van der Waals surface area contributed by atoms with Crippen molar-refractivity contribution in [2.24, 2.45) is 0 Å². The summed E-state index contributed by atoms with van der Waals surface area (Å²) < 4.78 is 1.58. The molecule has 0 nitrogen and oxygen atoms in total. The molecule has 2 rings (SSSR count). The number of aryl methyl sites for hydroxylation is 2. The molecule has 1 unspecified atom stereocenters. The Bertz CT molecular complexity index is 603. The fourth-order valence-electron chi connectivity index (χ4n) is 3.78. The van der Waals surface area contributed by atoms with Crippen molar-refractivity contribution in [3.8, 4) is 0 Å². The predicted molar refractivity (Wildman–Crippen MR) is 97.4 cm³/mol. The fraction of sp³-hybridized carbons (Fsp3) is 0.500. The third-order valence-electron chi connectivity index (χ3n) is 4.97. The molecule has 1 aromatic carbocycles. The second-order valence-corrected chi connectivity index (χ2v) is 9.74. The van der Waals surface area contributed by atoms with Crippen LogP contribution in [0.15, 0.2) is 38.8 Å². The minimum atomic E-state index is -0.286. The average Bonchev–Trinajstić information content (AvgIpc) is 2.64. The third-order valence-corrected chi connectivity index (χ3v) is 8.56. The van der Waals surface area contributed by atoms with Gasteiger partial charge in [-0.05, 0) is 0 Å². The van der Waals surface area contributed by atoms with Crippen molar-refractivity contribution in [1.29, 1.82) is 0 Å². The maximum absolute atomic E-state index is 2.43.